The summed E-state index contributed by atoms with van der Waals surface area (Å²) in [5, 5.41) is 0.704. The van der Waals surface area contributed by atoms with Crippen LogP contribution in [0.5, 0.6) is 5.75 Å². The van der Waals surface area contributed by atoms with Gasteiger partial charge in [0, 0.05) is 68.6 Å². The molecule has 2 amide bonds. The molecule has 8 nitrogen and oxygen atoms in total. The van der Waals surface area contributed by atoms with Gasteiger partial charge >= 0.3 is 0 Å². The van der Waals surface area contributed by atoms with Gasteiger partial charge in [-0.1, -0.05) is 48.0 Å². The van der Waals surface area contributed by atoms with E-state index in [1.54, 1.807) is 0 Å². The van der Waals surface area contributed by atoms with Gasteiger partial charge in [-0.2, -0.15) is 0 Å². The Kier molecular flexibility index (Phi) is 9.17. The fourth-order valence-corrected chi connectivity index (χ4v) is 6.72. The molecule has 9 heteroatoms. The zero-order valence-corrected chi connectivity index (χ0v) is 25.4. The quantitative estimate of drug-likeness (QED) is 0.372. The first kappa shape index (κ1) is 29.5. The average Bonchev–Trinajstić information content (AvgIpc) is 3.05. The van der Waals surface area contributed by atoms with Crippen molar-refractivity contribution in [3.05, 3.63) is 94.5 Å². The Morgan fingerprint density at radius 1 is 0.907 bits per heavy atom. The van der Waals surface area contributed by atoms with Gasteiger partial charge in [0.05, 0.1) is 31.8 Å². The molecular formula is C34H39ClN4O4. The average molecular weight is 603 g/mol. The standard InChI is InChI=1S/C34H39ClN4O4/c1-2-43-28-12-10-25(11-13-28)32-31(34(41)38-17-15-37(16-18-38)27-7-5-6-26(35)24-27)29-8-3-4-9-30(29)33(40)39(32)19-14-36-20-22-42-23-21-36/h3-13,24,31-32H,2,14-23H2,1H3/t31-,32-/m0/s1. The van der Waals surface area contributed by atoms with Crippen molar-refractivity contribution in [3.63, 3.8) is 0 Å². The second kappa shape index (κ2) is 13.4. The van der Waals surface area contributed by atoms with E-state index in [1.807, 2.05) is 83.5 Å². The number of hydrogen-bond acceptors (Lipinski definition) is 6. The number of anilines is 1. The highest BCUT2D eigenvalue weighted by molar-refractivity contribution is 6.30. The number of halogens is 1. The van der Waals surface area contributed by atoms with Crippen LogP contribution in [0.15, 0.2) is 72.8 Å². The molecule has 0 bridgehead atoms. The highest BCUT2D eigenvalue weighted by Gasteiger charge is 2.45. The summed E-state index contributed by atoms with van der Waals surface area (Å²) in [6.45, 7) is 9.48. The first-order chi connectivity index (χ1) is 21.0. The van der Waals surface area contributed by atoms with Crippen LogP contribution in [-0.2, 0) is 9.53 Å². The van der Waals surface area contributed by atoms with Crippen molar-refractivity contribution >= 4 is 29.1 Å². The summed E-state index contributed by atoms with van der Waals surface area (Å²) in [4.78, 5) is 37.3. The molecule has 0 aromatic heterocycles. The summed E-state index contributed by atoms with van der Waals surface area (Å²) in [5.41, 5.74) is 3.41. The fraction of sp³-hybridized carbons (Fsp3) is 0.412. The number of carbonyl (C=O) groups is 2. The van der Waals surface area contributed by atoms with E-state index in [9.17, 15) is 9.59 Å². The largest absolute Gasteiger partial charge is 0.494 e. The van der Waals surface area contributed by atoms with E-state index in [-0.39, 0.29) is 11.8 Å². The number of morpholine rings is 1. The molecule has 3 aromatic carbocycles. The van der Waals surface area contributed by atoms with E-state index >= 15 is 0 Å². The second-order valence-electron chi connectivity index (χ2n) is 11.3. The van der Waals surface area contributed by atoms with Gasteiger partial charge in [0.25, 0.3) is 5.91 Å². The third-order valence-corrected chi connectivity index (χ3v) is 9.00. The van der Waals surface area contributed by atoms with Crippen LogP contribution in [0.25, 0.3) is 0 Å². The Morgan fingerprint density at radius 2 is 1.65 bits per heavy atom. The van der Waals surface area contributed by atoms with Gasteiger partial charge in [0.15, 0.2) is 0 Å². The molecule has 0 aliphatic carbocycles. The highest BCUT2D eigenvalue weighted by atomic mass is 35.5. The maximum atomic E-state index is 14.6. The molecule has 0 saturated carbocycles. The fourth-order valence-electron chi connectivity index (χ4n) is 6.53. The Hall–Kier alpha value is -3.59. The molecule has 43 heavy (non-hydrogen) atoms. The topological polar surface area (TPSA) is 65.6 Å². The number of benzene rings is 3. The summed E-state index contributed by atoms with van der Waals surface area (Å²) < 4.78 is 11.3. The zero-order valence-electron chi connectivity index (χ0n) is 24.7. The summed E-state index contributed by atoms with van der Waals surface area (Å²) in [7, 11) is 0. The number of ether oxygens (including phenoxy) is 2. The van der Waals surface area contributed by atoms with Crippen LogP contribution < -0.4 is 9.64 Å². The summed E-state index contributed by atoms with van der Waals surface area (Å²) in [5.74, 6) is 0.279. The Labute approximate surface area is 258 Å². The van der Waals surface area contributed by atoms with E-state index < -0.39 is 12.0 Å². The minimum atomic E-state index is -0.519. The molecule has 3 aliphatic heterocycles. The number of hydrogen-bond donors (Lipinski definition) is 0. The van der Waals surface area contributed by atoms with Gasteiger partial charge in [-0.25, -0.2) is 0 Å². The van der Waals surface area contributed by atoms with E-state index in [1.165, 1.54) is 0 Å². The monoisotopic (exact) mass is 602 g/mol. The molecule has 3 aromatic rings. The van der Waals surface area contributed by atoms with Crippen molar-refractivity contribution < 1.29 is 19.1 Å². The molecule has 0 radical (unpaired) electrons. The number of amides is 2. The van der Waals surface area contributed by atoms with Crippen LogP contribution in [0, 0.1) is 0 Å². The van der Waals surface area contributed by atoms with Gasteiger partial charge in [-0.15, -0.1) is 0 Å². The second-order valence-corrected chi connectivity index (χ2v) is 11.7. The molecule has 0 spiro atoms. The van der Waals surface area contributed by atoms with Gasteiger partial charge in [0.2, 0.25) is 5.91 Å². The number of piperazine rings is 1. The minimum absolute atomic E-state index is 0.0300. The van der Waals surface area contributed by atoms with Crippen molar-refractivity contribution in [2.75, 3.05) is 77.1 Å². The van der Waals surface area contributed by atoms with Crippen molar-refractivity contribution in [1.29, 1.82) is 0 Å². The molecule has 0 N–H and O–H groups in total. The molecule has 226 valence electrons. The molecule has 2 fully saturated rings. The number of fused-ring (bicyclic) bond motifs is 1. The third-order valence-electron chi connectivity index (χ3n) is 8.76. The molecule has 6 rings (SSSR count). The van der Waals surface area contributed by atoms with E-state index in [2.05, 4.69) is 15.9 Å². The van der Waals surface area contributed by atoms with E-state index in [0.717, 1.165) is 42.2 Å². The normalized spacial score (nSPS) is 21.1. The molecular weight excluding hydrogens is 564 g/mol. The summed E-state index contributed by atoms with van der Waals surface area (Å²) in [6.07, 6.45) is 0. The van der Waals surface area contributed by atoms with Crippen LogP contribution in [0.2, 0.25) is 5.02 Å². The molecule has 3 heterocycles. The van der Waals surface area contributed by atoms with Gasteiger partial charge in [-0.05, 0) is 54.4 Å². The highest BCUT2D eigenvalue weighted by Crippen LogP contribution is 2.44. The lowest BCUT2D eigenvalue weighted by Crippen LogP contribution is -2.54. The van der Waals surface area contributed by atoms with Gasteiger partial charge in [-0.3, -0.25) is 14.5 Å². The van der Waals surface area contributed by atoms with Crippen LogP contribution in [-0.4, -0.2) is 98.7 Å². The lowest BCUT2D eigenvalue weighted by Gasteiger charge is -2.45. The number of rotatable bonds is 8. The van der Waals surface area contributed by atoms with Crippen LogP contribution in [0.4, 0.5) is 5.69 Å². The van der Waals surface area contributed by atoms with Crippen LogP contribution in [0.1, 0.15) is 40.4 Å². The Balaban J connectivity index is 1.32. The van der Waals surface area contributed by atoms with E-state index in [4.69, 9.17) is 21.1 Å². The first-order valence-electron chi connectivity index (χ1n) is 15.3. The molecule has 3 aliphatic rings. The predicted molar refractivity (Wildman–Crippen MR) is 168 cm³/mol. The van der Waals surface area contributed by atoms with Crippen molar-refractivity contribution in [2.24, 2.45) is 0 Å². The Morgan fingerprint density at radius 3 is 2.37 bits per heavy atom. The number of carbonyl (C=O) groups excluding carboxylic acids is 2. The minimum Gasteiger partial charge on any atom is -0.494 e. The summed E-state index contributed by atoms with van der Waals surface area (Å²) in [6, 6.07) is 23.0. The lowest BCUT2D eigenvalue weighted by molar-refractivity contribution is -0.135. The van der Waals surface area contributed by atoms with Crippen LogP contribution >= 0.6 is 11.6 Å². The predicted octanol–water partition coefficient (Wildman–Crippen LogP) is 4.70. The van der Waals surface area contributed by atoms with E-state index in [0.29, 0.717) is 63.1 Å². The van der Waals surface area contributed by atoms with Crippen molar-refractivity contribution in [2.45, 2.75) is 18.9 Å². The zero-order chi connectivity index (χ0) is 29.8. The van der Waals surface area contributed by atoms with Crippen molar-refractivity contribution in [1.82, 2.24) is 14.7 Å². The Bertz CT molecular complexity index is 1420. The van der Waals surface area contributed by atoms with Gasteiger partial charge in [0.1, 0.15) is 5.75 Å². The third kappa shape index (κ3) is 6.37. The van der Waals surface area contributed by atoms with Gasteiger partial charge < -0.3 is 24.2 Å². The SMILES string of the molecule is CCOc1ccc([C@H]2[C@@H](C(=O)N3CCN(c4cccc(Cl)c4)CC3)c3ccccc3C(=O)N2CCN2CCOCC2)cc1. The van der Waals surface area contributed by atoms with Crippen molar-refractivity contribution in [3.8, 4) is 5.75 Å². The smallest absolute Gasteiger partial charge is 0.254 e. The maximum absolute atomic E-state index is 14.6. The first-order valence-corrected chi connectivity index (χ1v) is 15.6. The lowest BCUT2D eigenvalue weighted by atomic mass is 9.78. The summed E-state index contributed by atoms with van der Waals surface area (Å²) >= 11 is 6.25. The molecule has 2 atom stereocenters. The van der Waals surface area contributed by atoms with Crippen LogP contribution in [0.3, 0.4) is 0 Å². The molecule has 0 unspecified atom stereocenters. The maximum Gasteiger partial charge on any atom is 0.254 e. The number of nitrogens with zero attached hydrogens (tertiary/aromatic N) is 4. The molecule has 2 saturated heterocycles.